The van der Waals surface area contributed by atoms with Crippen LogP contribution in [0.15, 0.2) is 24.3 Å². The molecule has 0 aliphatic carbocycles. The summed E-state index contributed by atoms with van der Waals surface area (Å²) in [5.41, 5.74) is 7.86. The van der Waals surface area contributed by atoms with Gasteiger partial charge in [-0.15, -0.1) is 5.10 Å². The number of hydrogen-bond acceptors (Lipinski definition) is 5. The van der Waals surface area contributed by atoms with E-state index in [4.69, 9.17) is 5.73 Å². The molecule has 0 atom stereocenters. The number of carbonyl (C=O) groups is 1. The van der Waals surface area contributed by atoms with Crippen molar-refractivity contribution in [3.8, 4) is 0 Å². The monoisotopic (exact) mass is 276 g/mol. The van der Waals surface area contributed by atoms with Crippen LogP contribution >= 0.6 is 11.5 Å². The summed E-state index contributed by atoms with van der Waals surface area (Å²) >= 11 is 1.13. The maximum absolute atomic E-state index is 12.5. The fourth-order valence-corrected chi connectivity index (χ4v) is 2.52. The Morgan fingerprint density at radius 3 is 2.79 bits per heavy atom. The Balaban J connectivity index is 2.31. The smallest absolute Gasteiger partial charge is 0.271 e. The van der Waals surface area contributed by atoms with Crippen molar-refractivity contribution in [1.29, 1.82) is 0 Å². The average Bonchev–Trinajstić information content (AvgIpc) is 2.86. The van der Waals surface area contributed by atoms with E-state index in [0.717, 1.165) is 22.9 Å². The van der Waals surface area contributed by atoms with Crippen LogP contribution in [0.25, 0.3) is 0 Å². The molecule has 1 aromatic heterocycles. The summed E-state index contributed by atoms with van der Waals surface area (Å²) in [5, 5.41) is 4.03. The number of nitrogens with zero attached hydrogens (tertiary/aromatic N) is 3. The number of aromatic nitrogens is 2. The first-order valence-electron chi connectivity index (χ1n) is 5.96. The summed E-state index contributed by atoms with van der Waals surface area (Å²) in [6.45, 7) is 3.99. The van der Waals surface area contributed by atoms with Crippen LogP contribution in [-0.2, 0) is 0 Å². The molecule has 1 heterocycles. The number of nitrogen functional groups attached to an aromatic ring is 1. The lowest BCUT2D eigenvalue weighted by Gasteiger charge is -2.17. The first-order chi connectivity index (χ1) is 9.00. The van der Waals surface area contributed by atoms with Gasteiger partial charge in [-0.3, -0.25) is 4.79 Å². The van der Waals surface area contributed by atoms with Crippen LogP contribution in [-0.4, -0.2) is 22.5 Å². The second-order valence-electron chi connectivity index (χ2n) is 4.60. The highest BCUT2D eigenvalue weighted by molar-refractivity contribution is 7.08. The Morgan fingerprint density at radius 2 is 2.16 bits per heavy atom. The topological polar surface area (TPSA) is 72.1 Å². The van der Waals surface area contributed by atoms with Gasteiger partial charge in [-0.2, -0.15) is 0 Å². The van der Waals surface area contributed by atoms with Crippen molar-refractivity contribution in [3.05, 3.63) is 34.8 Å². The molecule has 1 amide bonds. The molecule has 19 heavy (non-hydrogen) atoms. The van der Waals surface area contributed by atoms with E-state index < -0.39 is 0 Å². The van der Waals surface area contributed by atoms with Gasteiger partial charge in [0.15, 0.2) is 0 Å². The van der Waals surface area contributed by atoms with Crippen LogP contribution < -0.4 is 10.6 Å². The van der Waals surface area contributed by atoms with Crippen LogP contribution in [0.2, 0.25) is 0 Å². The minimum Gasteiger partial charge on any atom is -0.399 e. The van der Waals surface area contributed by atoms with Gasteiger partial charge in [0.1, 0.15) is 4.88 Å². The van der Waals surface area contributed by atoms with Gasteiger partial charge in [-0.1, -0.05) is 24.4 Å². The normalized spacial score (nSPS) is 10.7. The molecular formula is C13H16N4OS. The van der Waals surface area contributed by atoms with E-state index in [1.165, 1.54) is 0 Å². The molecule has 2 aromatic rings. The third-order valence-corrected chi connectivity index (χ3v) is 3.55. The summed E-state index contributed by atoms with van der Waals surface area (Å²) in [5.74, 6) is 0.0660. The van der Waals surface area contributed by atoms with Crippen molar-refractivity contribution >= 4 is 28.8 Å². The van der Waals surface area contributed by atoms with Crippen LogP contribution in [0, 0.1) is 0 Å². The fraction of sp³-hybridized carbons (Fsp3) is 0.308. The second-order valence-corrected chi connectivity index (χ2v) is 5.36. The molecule has 0 radical (unpaired) electrons. The van der Waals surface area contributed by atoms with E-state index in [1.807, 2.05) is 26.0 Å². The molecule has 5 nitrogen and oxygen atoms in total. The second kappa shape index (κ2) is 5.36. The Bertz CT molecular complexity index is 594. The third kappa shape index (κ3) is 2.73. The van der Waals surface area contributed by atoms with E-state index in [1.54, 1.807) is 24.1 Å². The van der Waals surface area contributed by atoms with Gasteiger partial charge in [0, 0.05) is 18.4 Å². The molecule has 2 rings (SSSR count). The Morgan fingerprint density at radius 1 is 1.42 bits per heavy atom. The van der Waals surface area contributed by atoms with Gasteiger partial charge in [0.25, 0.3) is 5.91 Å². The number of anilines is 2. The molecule has 2 N–H and O–H groups in total. The van der Waals surface area contributed by atoms with Crippen LogP contribution in [0.5, 0.6) is 0 Å². The van der Waals surface area contributed by atoms with E-state index in [0.29, 0.717) is 10.6 Å². The van der Waals surface area contributed by atoms with E-state index >= 15 is 0 Å². The molecule has 6 heteroatoms. The molecule has 0 bridgehead atoms. The molecule has 0 fully saturated rings. The quantitative estimate of drug-likeness (QED) is 0.874. The summed E-state index contributed by atoms with van der Waals surface area (Å²) < 4.78 is 3.88. The Labute approximate surface area is 116 Å². The van der Waals surface area contributed by atoms with Crippen molar-refractivity contribution < 1.29 is 4.79 Å². The van der Waals surface area contributed by atoms with Crippen molar-refractivity contribution in [2.75, 3.05) is 17.7 Å². The number of rotatable bonds is 3. The summed E-state index contributed by atoms with van der Waals surface area (Å²) in [6.07, 6.45) is 0. The highest BCUT2D eigenvalue weighted by atomic mass is 32.1. The summed E-state index contributed by atoms with van der Waals surface area (Å²) in [6, 6.07) is 7.22. The number of hydrogen-bond donors (Lipinski definition) is 1. The van der Waals surface area contributed by atoms with Crippen molar-refractivity contribution in [3.63, 3.8) is 0 Å². The lowest BCUT2D eigenvalue weighted by Crippen LogP contribution is -2.26. The molecule has 0 spiro atoms. The predicted octanol–water partition coefficient (Wildman–Crippen LogP) is 2.52. The van der Waals surface area contributed by atoms with Crippen LogP contribution in [0.3, 0.4) is 0 Å². The molecule has 100 valence electrons. The molecule has 0 aliphatic heterocycles. The van der Waals surface area contributed by atoms with Gasteiger partial charge < -0.3 is 10.6 Å². The van der Waals surface area contributed by atoms with Crippen molar-refractivity contribution in [2.24, 2.45) is 0 Å². The number of nitrogens with two attached hydrogens (primary N) is 1. The zero-order valence-corrected chi connectivity index (χ0v) is 11.9. The molecule has 1 aromatic carbocycles. The first kappa shape index (κ1) is 13.5. The highest BCUT2D eigenvalue weighted by Crippen LogP contribution is 2.24. The zero-order chi connectivity index (χ0) is 14.0. The average molecular weight is 276 g/mol. The van der Waals surface area contributed by atoms with E-state index in [-0.39, 0.29) is 11.8 Å². The van der Waals surface area contributed by atoms with Gasteiger partial charge in [0.05, 0.1) is 5.69 Å². The van der Waals surface area contributed by atoms with E-state index in [2.05, 4.69) is 9.59 Å². The number of amides is 1. The Hall–Kier alpha value is -1.95. The molecular weight excluding hydrogens is 260 g/mol. The number of carbonyl (C=O) groups excluding carboxylic acids is 1. The zero-order valence-electron chi connectivity index (χ0n) is 11.1. The minimum absolute atomic E-state index is 0.107. The van der Waals surface area contributed by atoms with Gasteiger partial charge in [-0.05, 0) is 35.6 Å². The number of benzene rings is 1. The summed E-state index contributed by atoms with van der Waals surface area (Å²) in [4.78, 5) is 14.6. The standard InChI is InChI=1S/C13H16N4OS/c1-8(2)11-12(19-16-15-11)13(18)17(3)10-6-4-5-9(14)7-10/h4-8H,14H2,1-3H3. The lowest BCUT2D eigenvalue weighted by atomic mass is 10.1. The van der Waals surface area contributed by atoms with Gasteiger partial charge in [-0.25, -0.2) is 0 Å². The molecule has 0 unspecified atom stereocenters. The van der Waals surface area contributed by atoms with Crippen LogP contribution in [0.1, 0.15) is 35.1 Å². The minimum atomic E-state index is -0.107. The van der Waals surface area contributed by atoms with Crippen molar-refractivity contribution in [2.45, 2.75) is 19.8 Å². The molecule has 0 saturated carbocycles. The fourth-order valence-electron chi connectivity index (χ4n) is 1.73. The third-order valence-electron chi connectivity index (χ3n) is 2.82. The maximum Gasteiger partial charge on any atom is 0.271 e. The highest BCUT2D eigenvalue weighted by Gasteiger charge is 2.22. The van der Waals surface area contributed by atoms with Gasteiger partial charge >= 0.3 is 0 Å². The first-order valence-corrected chi connectivity index (χ1v) is 6.74. The predicted molar refractivity (Wildman–Crippen MR) is 77.6 cm³/mol. The SMILES string of the molecule is CC(C)c1nnsc1C(=O)N(C)c1cccc(N)c1. The summed E-state index contributed by atoms with van der Waals surface area (Å²) in [7, 11) is 1.72. The Kier molecular flexibility index (Phi) is 3.80. The largest absolute Gasteiger partial charge is 0.399 e. The molecule has 0 aliphatic rings. The van der Waals surface area contributed by atoms with Crippen molar-refractivity contribution in [1.82, 2.24) is 9.59 Å². The van der Waals surface area contributed by atoms with Crippen LogP contribution in [0.4, 0.5) is 11.4 Å². The maximum atomic E-state index is 12.5. The van der Waals surface area contributed by atoms with Gasteiger partial charge in [0.2, 0.25) is 0 Å². The molecule has 0 saturated heterocycles. The lowest BCUT2D eigenvalue weighted by molar-refractivity contribution is 0.0995. The van der Waals surface area contributed by atoms with E-state index in [9.17, 15) is 4.79 Å².